The molecule has 0 saturated heterocycles. The molecule has 2 heteroatoms. The van der Waals surface area contributed by atoms with Crippen molar-refractivity contribution in [2.24, 2.45) is 0 Å². The molecule has 0 unspecified atom stereocenters. The second kappa shape index (κ2) is 3.04. The summed E-state index contributed by atoms with van der Waals surface area (Å²) in [5, 5.41) is 9.67. The summed E-state index contributed by atoms with van der Waals surface area (Å²) in [5.74, 6) is 0.451. The van der Waals surface area contributed by atoms with E-state index in [1.54, 1.807) is 6.07 Å². The van der Waals surface area contributed by atoms with Crippen molar-refractivity contribution in [3.63, 3.8) is 0 Å². The van der Waals surface area contributed by atoms with E-state index in [1.807, 2.05) is 6.07 Å². The van der Waals surface area contributed by atoms with Gasteiger partial charge in [-0.1, -0.05) is 6.07 Å². The van der Waals surface area contributed by atoms with E-state index in [9.17, 15) is 5.11 Å². The van der Waals surface area contributed by atoms with Crippen LogP contribution < -0.4 is 0 Å². The minimum atomic E-state index is 0.451. The third kappa shape index (κ3) is 1.42. The number of likely N-dealkylation sites (N-methyl/N-ethyl adjacent to an activating group) is 1. The van der Waals surface area contributed by atoms with Gasteiger partial charge in [-0.05, 0) is 37.6 Å². The maximum absolute atomic E-state index is 9.67. The smallest absolute Gasteiger partial charge is 0.120 e. The van der Waals surface area contributed by atoms with Gasteiger partial charge in [0.1, 0.15) is 5.75 Å². The molecule has 1 aliphatic rings. The molecule has 0 fully saturated rings. The molecular weight excluding hydrogens is 162 g/mol. The summed E-state index contributed by atoms with van der Waals surface area (Å²) in [6.45, 7) is 4.09. The maximum atomic E-state index is 9.67. The predicted octanol–water partition coefficient (Wildman–Crippen LogP) is 1.69. The van der Waals surface area contributed by atoms with E-state index in [-0.39, 0.29) is 0 Å². The van der Waals surface area contributed by atoms with Crippen LogP contribution in [0.3, 0.4) is 0 Å². The molecule has 1 N–H and O–H groups in total. The molecule has 0 amide bonds. The Kier molecular flexibility index (Phi) is 2.00. The highest BCUT2D eigenvalue weighted by molar-refractivity contribution is 5.45. The minimum absolute atomic E-state index is 0.451. The van der Waals surface area contributed by atoms with Crippen LogP contribution in [0, 0.1) is 6.92 Å². The van der Waals surface area contributed by atoms with Gasteiger partial charge in [0.25, 0.3) is 0 Å². The Bertz CT molecular complexity index is 333. The van der Waals surface area contributed by atoms with Crippen molar-refractivity contribution in [2.45, 2.75) is 19.9 Å². The SMILES string of the molecule is Cc1ccc(O)c2c1CCN(C)C2. The Balaban J connectivity index is 2.51. The average molecular weight is 177 g/mol. The van der Waals surface area contributed by atoms with E-state index in [0.717, 1.165) is 25.1 Å². The van der Waals surface area contributed by atoms with Gasteiger partial charge in [-0.2, -0.15) is 0 Å². The monoisotopic (exact) mass is 177 g/mol. The number of phenols is 1. The number of rotatable bonds is 0. The van der Waals surface area contributed by atoms with E-state index in [4.69, 9.17) is 0 Å². The number of hydrogen-bond acceptors (Lipinski definition) is 2. The maximum Gasteiger partial charge on any atom is 0.120 e. The molecule has 1 aromatic rings. The van der Waals surface area contributed by atoms with Crippen molar-refractivity contribution in [2.75, 3.05) is 13.6 Å². The summed E-state index contributed by atoms with van der Waals surface area (Å²) in [4.78, 5) is 2.24. The van der Waals surface area contributed by atoms with Crippen LogP contribution in [0.1, 0.15) is 16.7 Å². The number of aryl methyl sites for hydroxylation is 1. The molecule has 1 aromatic carbocycles. The third-order valence-corrected chi connectivity index (χ3v) is 2.81. The predicted molar refractivity (Wildman–Crippen MR) is 52.9 cm³/mol. The molecule has 0 aromatic heterocycles. The molecule has 1 aliphatic heterocycles. The fraction of sp³-hybridized carbons (Fsp3) is 0.455. The summed E-state index contributed by atoms with van der Waals surface area (Å²) >= 11 is 0. The first kappa shape index (κ1) is 8.57. The largest absolute Gasteiger partial charge is 0.508 e. The molecule has 0 bridgehead atoms. The molecular formula is C11H15NO. The standard InChI is InChI=1S/C11H15NO/c1-8-3-4-11(13)10-7-12(2)6-5-9(8)10/h3-4,13H,5-7H2,1-2H3. The van der Waals surface area contributed by atoms with Crippen molar-refractivity contribution in [1.82, 2.24) is 4.90 Å². The number of aromatic hydroxyl groups is 1. The van der Waals surface area contributed by atoms with Crippen LogP contribution in [0.5, 0.6) is 5.75 Å². The van der Waals surface area contributed by atoms with Gasteiger partial charge in [-0.3, -0.25) is 0 Å². The zero-order valence-electron chi connectivity index (χ0n) is 8.17. The number of fused-ring (bicyclic) bond motifs is 1. The summed E-state index contributed by atoms with van der Waals surface area (Å²) in [6.07, 6.45) is 1.06. The summed E-state index contributed by atoms with van der Waals surface area (Å²) in [7, 11) is 2.09. The van der Waals surface area contributed by atoms with Crippen molar-refractivity contribution < 1.29 is 5.11 Å². The number of phenolic OH excluding ortho intramolecular Hbond substituents is 1. The second-order valence-corrected chi connectivity index (χ2v) is 3.85. The minimum Gasteiger partial charge on any atom is -0.508 e. The number of hydrogen-bond donors (Lipinski definition) is 1. The van der Waals surface area contributed by atoms with E-state index in [1.165, 1.54) is 11.1 Å². The lowest BCUT2D eigenvalue weighted by Crippen LogP contribution is -2.27. The summed E-state index contributed by atoms with van der Waals surface area (Å²) in [5.41, 5.74) is 3.77. The van der Waals surface area contributed by atoms with Crippen molar-refractivity contribution in [3.05, 3.63) is 28.8 Å². The normalized spacial score (nSPS) is 17.1. The first-order valence-electron chi connectivity index (χ1n) is 4.67. The Labute approximate surface area is 78.8 Å². The van der Waals surface area contributed by atoms with Gasteiger partial charge in [0, 0.05) is 18.7 Å². The van der Waals surface area contributed by atoms with Gasteiger partial charge >= 0.3 is 0 Å². The van der Waals surface area contributed by atoms with Crippen LogP contribution in [-0.4, -0.2) is 23.6 Å². The molecule has 2 rings (SSSR count). The van der Waals surface area contributed by atoms with Crippen LogP contribution >= 0.6 is 0 Å². The Morgan fingerprint density at radius 3 is 2.85 bits per heavy atom. The van der Waals surface area contributed by atoms with E-state index >= 15 is 0 Å². The van der Waals surface area contributed by atoms with Gasteiger partial charge < -0.3 is 10.0 Å². The van der Waals surface area contributed by atoms with Crippen LogP contribution in [0.2, 0.25) is 0 Å². The van der Waals surface area contributed by atoms with Crippen LogP contribution in [0.15, 0.2) is 12.1 Å². The lowest BCUT2D eigenvalue weighted by atomic mass is 9.95. The average Bonchev–Trinajstić information content (AvgIpc) is 2.12. The molecule has 0 aliphatic carbocycles. The number of benzene rings is 1. The van der Waals surface area contributed by atoms with Crippen molar-refractivity contribution in [3.8, 4) is 5.75 Å². The first-order valence-corrected chi connectivity index (χ1v) is 4.67. The van der Waals surface area contributed by atoms with Gasteiger partial charge in [0.15, 0.2) is 0 Å². The highest BCUT2D eigenvalue weighted by atomic mass is 16.3. The fourth-order valence-electron chi connectivity index (χ4n) is 1.97. The number of nitrogens with zero attached hydrogens (tertiary/aromatic N) is 1. The molecule has 0 atom stereocenters. The van der Waals surface area contributed by atoms with Gasteiger partial charge in [-0.15, -0.1) is 0 Å². The summed E-state index contributed by atoms with van der Waals surface area (Å²) < 4.78 is 0. The Morgan fingerprint density at radius 2 is 2.08 bits per heavy atom. The highest BCUT2D eigenvalue weighted by Gasteiger charge is 2.17. The van der Waals surface area contributed by atoms with Gasteiger partial charge in [-0.25, -0.2) is 0 Å². The lowest BCUT2D eigenvalue weighted by molar-refractivity contribution is 0.304. The van der Waals surface area contributed by atoms with Crippen LogP contribution in [-0.2, 0) is 13.0 Å². The third-order valence-electron chi connectivity index (χ3n) is 2.81. The summed E-state index contributed by atoms with van der Waals surface area (Å²) in [6, 6.07) is 3.80. The zero-order chi connectivity index (χ0) is 9.42. The first-order chi connectivity index (χ1) is 6.18. The van der Waals surface area contributed by atoms with Crippen LogP contribution in [0.25, 0.3) is 0 Å². The van der Waals surface area contributed by atoms with Crippen molar-refractivity contribution >= 4 is 0 Å². The quantitative estimate of drug-likeness (QED) is 0.652. The topological polar surface area (TPSA) is 23.5 Å². The Morgan fingerprint density at radius 1 is 1.31 bits per heavy atom. The highest BCUT2D eigenvalue weighted by Crippen LogP contribution is 2.28. The second-order valence-electron chi connectivity index (χ2n) is 3.85. The van der Waals surface area contributed by atoms with Gasteiger partial charge in [0.2, 0.25) is 0 Å². The molecule has 0 spiro atoms. The van der Waals surface area contributed by atoms with E-state index < -0.39 is 0 Å². The van der Waals surface area contributed by atoms with E-state index in [2.05, 4.69) is 18.9 Å². The van der Waals surface area contributed by atoms with Crippen LogP contribution in [0.4, 0.5) is 0 Å². The van der Waals surface area contributed by atoms with Crippen molar-refractivity contribution in [1.29, 1.82) is 0 Å². The molecule has 2 nitrogen and oxygen atoms in total. The molecule has 0 radical (unpaired) electrons. The Hall–Kier alpha value is -1.02. The zero-order valence-corrected chi connectivity index (χ0v) is 8.17. The van der Waals surface area contributed by atoms with E-state index in [0.29, 0.717) is 5.75 Å². The molecule has 13 heavy (non-hydrogen) atoms. The molecule has 1 heterocycles. The van der Waals surface area contributed by atoms with Gasteiger partial charge in [0.05, 0.1) is 0 Å². The lowest BCUT2D eigenvalue weighted by Gasteiger charge is -2.26. The fourth-order valence-corrected chi connectivity index (χ4v) is 1.97. The molecule has 0 saturated carbocycles. The molecule has 70 valence electrons.